The number of rotatable bonds is 7. The summed E-state index contributed by atoms with van der Waals surface area (Å²) in [4.78, 5) is 12.8. The van der Waals surface area contributed by atoms with Crippen molar-refractivity contribution in [3.63, 3.8) is 0 Å². The summed E-state index contributed by atoms with van der Waals surface area (Å²) in [5.41, 5.74) is 1.64. The quantitative estimate of drug-likeness (QED) is 0.238. The van der Waals surface area contributed by atoms with Gasteiger partial charge in [0.2, 0.25) is 10.0 Å². The van der Waals surface area contributed by atoms with Crippen molar-refractivity contribution < 1.29 is 31.5 Å². The summed E-state index contributed by atoms with van der Waals surface area (Å²) >= 11 is -2.86. The number of carbonyl (C=O) groups excluding carboxylic acids is 1. The molecule has 0 spiro atoms. The first-order valence-corrected chi connectivity index (χ1v) is 13.1. The average Bonchev–Trinajstić information content (AvgIpc) is 2.86. The minimum atomic E-state index is -3.87. The second-order valence-corrected chi connectivity index (χ2v) is 10.2. The molecule has 0 aliphatic rings. The maximum absolute atomic E-state index is 13.3. The van der Waals surface area contributed by atoms with Crippen molar-refractivity contribution in [3.05, 3.63) is 102 Å². The molecule has 1 amide bonds. The molecule has 0 aromatic heterocycles. The highest BCUT2D eigenvalue weighted by Gasteiger charge is 2.17. The number of nitrogens with two attached hydrogens (primary N) is 1. The number of nitrogens with zero attached hydrogens (tertiary/aromatic N) is 1. The Kier molecular flexibility index (Phi) is 7.36. The summed E-state index contributed by atoms with van der Waals surface area (Å²) in [6, 6.07) is 20.9. The van der Waals surface area contributed by atoms with Gasteiger partial charge in [-0.25, -0.2) is 17.9 Å². The highest BCUT2D eigenvalue weighted by atomic mass is 32.2. The van der Waals surface area contributed by atoms with E-state index in [4.69, 9.17) is 5.14 Å². The molecule has 0 aliphatic heterocycles. The van der Waals surface area contributed by atoms with E-state index >= 15 is 0 Å². The molecule has 0 bridgehead atoms. The van der Waals surface area contributed by atoms with E-state index in [-0.39, 0.29) is 33.3 Å². The number of phenolic OH excluding ortho intramolecular Hbond substituents is 1. The number of carbonyl (C=O) groups is 1. The molecule has 37 heavy (non-hydrogen) atoms. The van der Waals surface area contributed by atoms with Crippen molar-refractivity contribution in [2.75, 3.05) is 9.62 Å². The number of benzene rings is 4. The lowest BCUT2D eigenvalue weighted by Gasteiger charge is -2.27. The monoisotopic (exact) mass is 540 g/mol. The van der Waals surface area contributed by atoms with Crippen molar-refractivity contribution in [1.29, 1.82) is 0 Å². The van der Waals surface area contributed by atoms with Gasteiger partial charge in [0.1, 0.15) is 11.6 Å². The molecule has 4 rings (SSSR count). The Labute approximate surface area is 214 Å². The summed E-state index contributed by atoms with van der Waals surface area (Å²) in [5.74, 6) is -1.45. The third-order valence-electron chi connectivity index (χ3n) is 5.31. The summed E-state index contributed by atoms with van der Waals surface area (Å²) in [6.07, 6.45) is 0. The number of primary sulfonamides is 1. The Bertz CT molecular complexity index is 1590. The third kappa shape index (κ3) is 6.01. The van der Waals surface area contributed by atoms with Crippen LogP contribution < -0.4 is 14.8 Å². The minimum Gasteiger partial charge on any atom is -0.755 e. The largest absolute Gasteiger partial charge is 0.755 e. The smallest absolute Gasteiger partial charge is 0.255 e. The van der Waals surface area contributed by atoms with Gasteiger partial charge >= 0.3 is 0 Å². The number of hydrogen-bond acceptors (Lipinski definition) is 6. The van der Waals surface area contributed by atoms with E-state index in [1.807, 2.05) is 0 Å². The molecule has 0 saturated carbocycles. The summed E-state index contributed by atoms with van der Waals surface area (Å²) in [7, 11) is -3.87. The van der Waals surface area contributed by atoms with Gasteiger partial charge < -0.3 is 15.0 Å². The van der Waals surface area contributed by atoms with E-state index in [0.29, 0.717) is 11.1 Å². The number of anilines is 3. The number of phenols is 1. The van der Waals surface area contributed by atoms with Gasteiger partial charge in [-0.05, 0) is 77.9 Å². The first-order chi connectivity index (χ1) is 17.5. The predicted octanol–water partition coefficient (Wildman–Crippen LogP) is 4.03. The van der Waals surface area contributed by atoms with E-state index in [1.165, 1.54) is 54.6 Å². The molecule has 0 fully saturated rings. The number of nitrogens with one attached hydrogen (secondary N) is 1. The maximum Gasteiger partial charge on any atom is 0.255 e. The summed E-state index contributed by atoms with van der Waals surface area (Å²) < 4.78 is 61.1. The number of sulfonamides is 1. The Morgan fingerprint density at radius 1 is 0.946 bits per heavy atom. The zero-order chi connectivity index (χ0) is 26.7. The lowest BCUT2D eigenvalue weighted by molar-refractivity contribution is 0.102. The second-order valence-electron chi connectivity index (χ2n) is 7.80. The van der Waals surface area contributed by atoms with Gasteiger partial charge in [0.05, 0.1) is 27.5 Å². The van der Waals surface area contributed by atoms with Crippen molar-refractivity contribution in [2.24, 2.45) is 5.14 Å². The molecule has 12 heteroatoms. The Morgan fingerprint density at radius 3 is 2.24 bits per heavy atom. The van der Waals surface area contributed by atoms with Gasteiger partial charge in [-0.3, -0.25) is 13.3 Å². The zero-order valence-electron chi connectivity index (χ0n) is 18.9. The first kappa shape index (κ1) is 26.0. The molecule has 4 aromatic rings. The lowest BCUT2D eigenvalue weighted by Crippen LogP contribution is -2.20. The fourth-order valence-electron chi connectivity index (χ4n) is 3.52. The molecular weight excluding hydrogens is 521 g/mol. The standard InChI is InChI=1S/C25H20FN3O6S2/c26-19-8-11-21(12-9-19)29(36(32)33)23-15-20(10-13-24(23)30)28-25(31)17-6-4-16(5-7-17)18-2-1-3-22(14-18)37(27,34)35/h1-15,30H,(H,28,31)(H,32,33)(H2,27,34,35)/p-1. The third-order valence-corrected chi connectivity index (χ3v) is 6.92. The van der Waals surface area contributed by atoms with E-state index in [2.05, 4.69) is 5.32 Å². The second kappa shape index (κ2) is 10.5. The van der Waals surface area contributed by atoms with Crippen LogP contribution >= 0.6 is 0 Å². The van der Waals surface area contributed by atoms with Gasteiger partial charge in [-0.1, -0.05) is 24.3 Å². The average molecular weight is 541 g/mol. The van der Waals surface area contributed by atoms with Crippen LogP contribution in [0.2, 0.25) is 0 Å². The van der Waals surface area contributed by atoms with E-state index in [9.17, 15) is 31.5 Å². The molecule has 4 N–H and O–H groups in total. The summed E-state index contributed by atoms with van der Waals surface area (Å²) in [6.45, 7) is 0. The minimum absolute atomic E-state index is 0.0383. The molecule has 0 radical (unpaired) electrons. The molecule has 1 unspecified atom stereocenters. The van der Waals surface area contributed by atoms with E-state index in [1.54, 1.807) is 24.3 Å². The number of aromatic hydroxyl groups is 1. The zero-order valence-corrected chi connectivity index (χ0v) is 20.5. The molecular formula is C25H19FN3O6S2-. The van der Waals surface area contributed by atoms with Gasteiger partial charge in [0, 0.05) is 11.3 Å². The first-order valence-electron chi connectivity index (χ1n) is 10.6. The highest BCUT2D eigenvalue weighted by molar-refractivity contribution is 7.89. The SMILES string of the molecule is NS(=O)(=O)c1cccc(-c2ccc(C(=O)Nc3ccc(O)c(N(c4ccc(F)cc4)S(=O)[O-])c3)cc2)c1. The Hall–Kier alpha value is -4.10. The maximum atomic E-state index is 13.3. The van der Waals surface area contributed by atoms with Gasteiger partial charge in [-0.2, -0.15) is 0 Å². The number of halogens is 1. The van der Waals surface area contributed by atoms with Crippen molar-refractivity contribution in [2.45, 2.75) is 4.90 Å². The molecule has 0 saturated heterocycles. The Morgan fingerprint density at radius 2 is 1.62 bits per heavy atom. The van der Waals surface area contributed by atoms with Crippen LogP contribution in [0.25, 0.3) is 11.1 Å². The van der Waals surface area contributed by atoms with Crippen LogP contribution in [0.15, 0.2) is 95.9 Å². The van der Waals surface area contributed by atoms with Crippen molar-refractivity contribution in [1.82, 2.24) is 0 Å². The topological polar surface area (TPSA) is 153 Å². The highest BCUT2D eigenvalue weighted by Crippen LogP contribution is 2.36. The van der Waals surface area contributed by atoms with Crippen LogP contribution in [0.3, 0.4) is 0 Å². The van der Waals surface area contributed by atoms with Crippen molar-refractivity contribution in [3.8, 4) is 16.9 Å². The van der Waals surface area contributed by atoms with Crippen LogP contribution in [0.1, 0.15) is 10.4 Å². The van der Waals surface area contributed by atoms with Crippen LogP contribution in [0.4, 0.5) is 21.5 Å². The molecule has 1 atom stereocenters. The molecule has 190 valence electrons. The van der Waals surface area contributed by atoms with Crippen LogP contribution in [0, 0.1) is 5.82 Å². The van der Waals surface area contributed by atoms with Crippen LogP contribution in [-0.4, -0.2) is 28.2 Å². The fraction of sp³-hybridized carbons (Fsp3) is 0. The predicted molar refractivity (Wildman–Crippen MR) is 137 cm³/mol. The number of amides is 1. The van der Waals surface area contributed by atoms with Crippen LogP contribution in [-0.2, 0) is 21.3 Å². The molecule has 0 aliphatic carbocycles. The number of hydrogen-bond donors (Lipinski definition) is 3. The van der Waals surface area contributed by atoms with E-state index < -0.39 is 33.0 Å². The van der Waals surface area contributed by atoms with Gasteiger partial charge in [0.15, 0.2) is 0 Å². The lowest BCUT2D eigenvalue weighted by atomic mass is 10.0. The van der Waals surface area contributed by atoms with E-state index in [0.717, 1.165) is 16.4 Å². The fourth-order valence-corrected chi connectivity index (χ4v) is 4.68. The molecule has 0 heterocycles. The normalized spacial score (nSPS) is 12.1. The van der Waals surface area contributed by atoms with Crippen LogP contribution in [0.5, 0.6) is 5.75 Å². The van der Waals surface area contributed by atoms with Gasteiger partial charge in [0.25, 0.3) is 5.91 Å². The molecule has 9 nitrogen and oxygen atoms in total. The van der Waals surface area contributed by atoms with Crippen molar-refractivity contribution >= 4 is 44.3 Å². The molecule has 4 aromatic carbocycles. The summed E-state index contributed by atoms with van der Waals surface area (Å²) in [5, 5.41) is 18.1. The van der Waals surface area contributed by atoms with Gasteiger partial charge in [-0.15, -0.1) is 0 Å². The Balaban J connectivity index is 1.57.